The van der Waals surface area contributed by atoms with Gasteiger partial charge in [-0.05, 0) is 29.8 Å². The molecule has 2 heterocycles. The zero-order chi connectivity index (χ0) is 14.7. The minimum absolute atomic E-state index is 0.162. The normalized spacial score (nSPS) is 12.2. The van der Waals surface area contributed by atoms with Gasteiger partial charge >= 0.3 is 0 Å². The van der Waals surface area contributed by atoms with Gasteiger partial charge in [0.1, 0.15) is 0 Å². The Bertz CT molecular complexity index is 673. The van der Waals surface area contributed by atoms with Crippen molar-refractivity contribution < 1.29 is 14.3 Å². The first-order valence-electron chi connectivity index (χ1n) is 6.58. The number of hydrogen-bond acceptors (Lipinski definition) is 5. The van der Waals surface area contributed by atoms with Gasteiger partial charge in [0.15, 0.2) is 11.5 Å². The quantitative estimate of drug-likeness (QED) is 0.881. The molecule has 2 aromatic rings. The number of nitrogens with one attached hydrogen (secondary N) is 1. The van der Waals surface area contributed by atoms with Gasteiger partial charge in [-0.3, -0.25) is 9.78 Å². The van der Waals surface area contributed by atoms with E-state index in [4.69, 9.17) is 15.2 Å². The summed E-state index contributed by atoms with van der Waals surface area (Å²) in [5.41, 5.74) is 7.69. The van der Waals surface area contributed by atoms with Crippen LogP contribution in [0, 0.1) is 0 Å². The molecule has 0 fully saturated rings. The van der Waals surface area contributed by atoms with Crippen LogP contribution in [-0.2, 0) is 13.1 Å². The summed E-state index contributed by atoms with van der Waals surface area (Å²) in [5.74, 6) is 1.27. The molecule has 6 heteroatoms. The summed E-state index contributed by atoms with van der Waals surface area (Å²) in [5, 5.41) is 2.85. The summed E-state index contributed by atoms with van der Waals surface area (Å²) in [6, 6.07) is 8.94. The fourth-order valence-electron chi connectivity index (χ4n) is 2.07. The number of fused-ring (bicyclic) bond motifs is 1. The lowest BCUT2D eigenvalue weighted by atomic mass is 10.2. The summed E-state index contributed by atoms with van der Waals surface area (Å²) in [6.07, 6.45) is 1.58. The van der Waals surface area contributed by atoms with Gasteiger partial charge in [-0.15, -0.1) is 0 Å². The lowest BCUT2D eigenvalue weighted by Gasteiger charge is -2.07. The first kappa shape index (κ1) is 13.4. The molecule has 1 aliphatic rings. The van der Waals surface area contributed by atoms with Crippen LogP contribution < -0.4 is 20.5 Å². The number of amides is 1. The first-order chi connectivity index (χ1) is 10.3. The summed E-state index contributed by atoms with van der Waals surface area (Å²) in [4.78, 5) is 16.1. The molecule has 1 amide bonds. The van der Waals surface area contributed by atoms with Gasteiger partial charge in [0.05, 0.1) is 5.69 Å². The Morgan fingerprint density at radius 1 is 1.24 bits per heavy atom. The van der Waals surface area contributed by atoms with Crippen LogP contribution in [0.3, 0.4) is 0 Å². The number of carbonyl (C=O) groups excluding carboxylic acids is 1. The number of aromatic nitrogens is 1. The van der Waals surface area contributed by atoms with Gasteiger partial charge in [0, 0.05) is 24.8 Å². The molecule has 3 rings (SSSR count). The average Bonchev–Trinajstić information content (AvgIpc) is 3.00. The fourth-order valence-corrected chi connectivity index (χ4v) is 2.07. The number of nitrogens with two attached hydrogens (primary N) is 1. The van der Waals surface area contributed by atoms with Crippen molar-refractivity contribution in [3.8, 4) is 11.5 Å². The standard InChI is InChI=1S/C15H15N3O3/c16-7-12-6-11(3-4-17-12)15(19)18-8-10-1-2-13-14(5-10)21-9-20-13/h1-6H,7-9,16H2,(H,18,19). The number of nitrogens with zero attached hydrogens (tertiary/aromatic N) is 1. The van der Waals surface area contributed by atoms with Crippen molar-refractivity contribution in [3.63, 3.8) is 0 Å². The molecule has 0 saturated carbocycles. The second-order valence-corrected chi connectivity index (χ2v) is 4.61. The van der Waals surface area contributed by atoms with Gasteiger partial charge in [0.2, 0.25) is 6.79 Å². The lowest BCUT2D eigenvalue weighted by Crippen LogP contribution is -2.23. The van der Waals surface area contributed by atoms with Crippen LogP contribution in [0.2, 0.25) is 0 Å². The van der Waals surface area contributed by atoms with E-state index >= 15 is 0 Å². The Labute approximate surface area is 121 Å². The topological polar surface area (TPSA) is 86.5 Å². The number of carbonyl (C=O) groups is 1. The number of benzene rings is 1. The molecule has 1 aromatic heterocycles. The van der Waals surface area contributed by atoms with Crippen molar-refractivity contribution in [2.75, 3.05) is 6.79 Å². The zero-order valence-electron chi connectivity index (χ0n) is 11.3. The van der Waals surface area contributed by atoms with Crippen molar-refractivity contribution in [2.45, 2.75) is 13.1 Å². The summed E-state index contributed by atoms with van der Waals surface area (Å²) in [7, 11) is 0. The highest BCUT2D eigenvalue weighted by molar-refractivity contribution is 5.94. The molecule has 3 N–H and O–H groups in total. The van der Waals surface area contributed by atoms with Gasteiger partial charge in [-0.2, -0.15) is 0 Å². The summed E-state index contributed by atoms with van der Waals surface area (Å²) >= 11 is 0. The van der Waals surface area contributed by atoms with E-state index in [0.717, 1.165) is 11.3 Å². The van der Waals surface area contributed by atoms with Crippen LogP contribution in [0.5, 0.6) is 11.5 Å². The minimum Gasteiger partial charge on any atom is -0.454 e. The van der Waals surface area contributed by atoms with Crippen molar-refractivity contribution in [1.29, 1.82) is 0 Å². The minimum atomic E-state index is -0.162. The largest absolute Gasteiger partial charge is 0.454 e. The third-order valence-electron chi connectivity index (χ3n) is 3.18. The van der Waals surface area contributed by atoms with Crippen LogP contribution in [0.1, 0.15) is 21.6 Å². The number of pyridine rings is 1. The maximum atomic E-state index is 12.1. The number of ether oxygens (including phenoxy) is 2. The zero-order valence-corrected chi connectivity index (χ0v) is 11.3. The van der Waals surface area contributed by atoms with E-state index < -0.39 is 0 Å². The highest BCUT2D eigenvalue weighted by atomic mass is 16.7. The highest BCUT2D eigenvalue weighted by Crippen LogP contribution is 2.32. The van der Waals surface area contributed by atoms with Gasteiger partial charge in [-0.25, -0.2) is 0 Å². The molecule has 0 radical (unpaired) electrons. The second-order valence-electron chi connectivity index (χ2n) is 4.61. The van der Waals surface area contributed by atoms with Gasteiger partial charge in [-0.1, -0.05) is 6.07 Å². The van der Waals surface area contributed by atoms with Crippen LogP contribution in [0.4, 0.5) is 0 Å². The number of hydrogen-bond donors (Lipinski definition) is 2. The fraction of sp³-hybridized carbons (Fsp3) is 0.200. The maximum Gasteiger partial charge on any atom is 0.251 e. The summed E-state index contributed by atoms with van der Waals surface area (Å²) < 4.78 is 10.5. The van der Waals surface area contributed by atoms with Crippen molar-refractivity contribution in [1.82, 2.24) is 10.3 Å². The SMILES string of the molecule is NCc1cc(C(=O)NCc2ccc3c(c2)OCO3)ccn1. The molecule has 0 unspecified atom stereocenters. The predicted molar refractivity (Wildman–Crippen MR) is 75.9 cm³/mol. The first-order valence-corrected chi connectivity index (χ1v) is 6.58. The molecule has 0 atom stereocenters. The molecular formula is C15H15N3O3. The lowest BCUT2D eigenvalue weighted by molar-refractivity contribution is 0.0950. The van der Waals surface area contributed by atoms with Crippen LogP contribution in [0.15, 0.2) is 36.5 Å². The van der Waals surface area contributed by atoms with E-state index in [1.54, 1.807) is 18.3 Å². The van der Waals surface area contributed by atoms with Crippen molar-refractivity contribution in [2.24, 2.45) is 5.73 Å². The van der Waals surface area contributed by atoms with Crippen LogP contribution >= 0.6 is 0 Å². The van der Waals surface area contributed by atoms with E-state index in [1.807, 2.05) is 18.2 Å². The van der Waals surface area contributed by atoms with Crippen molar-refractivity contribution in [3.05, 3.63) is 53.3 Å². The molecule has 108 valence electrons. The van der Waals surface area contributed by atoms with E-state index in [1.165, 1.54) is 0 Å². The third kappa shape index (κ3) is 2.95. The second kappa shape index (κ2) is 5.80. The molecule has 0 aliphatic carbocycles. The number of rotatable bonds is 4. The Kier molecular flexibility index (Phi) is 3.70. The van der Waals surface area contributed by atoms with Crippen LogP contribution in [0.25, 0.3) is 0 Å². The smallest absolute Gasteiger partial charge is 0.251 e. The monoisotopic (exact) mass is 285 g/mol. The Balaban J connectivity index is 1.65. The summed E-state index contributed by atoms with van der Waals surface area (Å²) in [6.45, 7) is 0.961. The molecule has 0 saturated heterocycles. The molecule has 0 spiro atoms. The average molecular weight is 285 g/mol. The Hall–Kier alpha value is -2.60. The Morgan fingerprint density at radius 2 is 2.10 bits per heavy atom. The molecule has 1 aliphatic heterocycles. The highest BCUT2D eigenvalue weighted by Gasteiger charge is 2.13. The molecular weight excluding hydrogens is 270 g/mol. The van der Waals surface area contributed by atoms with E-state index in [-0.39, 0.29) is 12.7 Å². The Morgan fingerprint density at radius 3 is 2.95 bits per heavy atom. The van der Waals surface area contributed by atoms with Crippen molar-refractivity contribution >= 4 is 5.91 Å². The van der Waals surface area contributed by atoms with E-state index in [9.17, 15) is 4.79 Å². The third-order valence-corrected chi connectivity index (χ3v) is 3.18. The molecule has 6 nitrogen and oxygen atoms in total. The molecule has 21 heavy (non-hydrogen) atoms. The molecule has 1 aromatic carbocycles. The maximum absolute atomic E-state index is 12.1. The van der Waals surface area contributed by atoms with Gasteiger partial charge in [0.25, 0.3) is 5.91 Å². The van der Waals surface area contributed by atoms with Gasteiger partial charge < -0.3 is 20.5 Å². The molecule has 0 bridgehead atoms. The van der Waals surface area contributed by atoms with E-state index in [0.29, 0.717) is 30.1 Å². The van der Waals surface area contributed by atoms with E-state index in [2.05, 4.69) is 10.3 Å². The predicted octanol–water partition coefficient (Wildman–Crippen LogP) is 1.20. The van der Waals surface area contributed by atoms with Crippen LogP contribution in [-0.4, -0.2) is 17.7 Å².